The van der Waals surface area contributed by atoms with Gasteiger partial charge in [-0.2, -0.15) is 0 Å². The van der Waals surface area contributed by atoms with Crippen LogP contribution in [0.3, 0.4) is 0 Å². The van der Waals surface area contributed by atoms with Gasteiger partial charge in [-0.25, -0.2) is 0 Å². The molecule has 0 aromatic rings. The van der Waals surface area contributed by atoms with Crippen LogP contribution in [0, 0.1) is 5.92 Å². The van der Waals surface area contributed by atoms with Gasteiger partial charge in [0.15, 0.2) is 6.54 Å². The van der Waals surface area contributed by atoms with Crippen LogP contribution in [0.2, 0.25) is 0 Å². The summed E-state index contributed by atoms with van der Waals surface area (Å²) in [6, 6.07) is 0.574. The Hall–Kier alpha value is -1.10. The highest BCUT2D eigenvalue weighted by molar-refractivity contribution is 5.78. The van der Waals surface area contributed by atoms with E-state index in [1.807, 2.05) is 4.90 Å². The molecule has 1 aliphatic heterocycles. The van der Waals surface area contributed by atoms with Gasteiger partial charge in [0, 0.05) is 30.8 Å². The quantitative estimate of drug-likeness (QED) is 0.705. The molecule has 0 bridgehead atoms. The molecule has 1 heterocycles. The van der Waals surface area contributed by atoms with E-state index in [1.54, 1.807) is 0 Å². The number of primary amides is 1. The van der Waals surface area contributed by atoms with Gasteiger partial charge in [0.1, 0.15) is 0 Å². The molecule has 0 radical (unpaired) electrons. The van der Waals surface area contributed by atoms with E-state index >= 15 is 0 Å². The minimum Gasteiger partial charge on any atom is -0.369 e. The van der Waals surface area contributed by atoms with Crippen molar-refractivity contribution < 1.29 is 14.5 Å². The van der Waals surface area contributed by atoms with Crippen molar-refractivity contribution in [2.45, 2.75) is 65.5 Å². The Balaban J connectivity index is 2.56. The zero-order valence-electron chi connectivity index (χ0n) is 14.0. The molecule has 5 heteroatoms. The lowest BCUT2D eigenvalue weighted by molar-refractivity contribution is -0.898. The van der Waals surface area contributed by atoms with E-state index in [4.69, 9.17) is 5.73 Å². The Bertz CT molecular complexity index is 341. The van der Waals surface area contributed by atoms with Crippen molar-refractivity contribution in [1.82, 2.24) is 4.90 Å². The van der Waals surface area contributed by atoms with Crippen molar-refractivity contribution >= 4 is 11.8 Å². The fourth-order valence-electron chi connectivity index (χ4n) is 3.11. The maximum atomic E-state index is 12.6. The molecule has 3 N–H and O–H groups in total. The number of amides is 2. The number of likely N-dealkylation sites (tertiary alicyclic amines) is 1. The number of rotatable bonds is 7. The molecule has 5 nitrogen and oxygen atoms in total. The molecule has 2 amide bonds. The Morgan fingerprint density at radius 1 is 1.14 bits per heavy atom. The highest BCUT2D eigenvalue weighted by Gasteiger charge is 2.30. The van der Waals surface area contributed by atoms with E-state index in [1.165, 1.54) is 4.90 Å². The maximum absolute atomic E-state index is 12.6. The van der Waals surface area contributed by atoms with E-state index in [-0.39, 0.29) is 29.8 Å². The van der Waals surface area contributed by atoms with Gasteiger partial charge < -0.3 is 15.5 Å². The number of hydrogen-bond acceptors (Lipinski definition) is 2. The highest BCUT2D eigenvalue weighted by Crippen LogP contribution is 2.12. The predicted octanol–water partition coefficient (Wildman–Crippen LogP) is 0.192. The van der Waals surface area contributed by atoms with Crippen LogP contribution >= 0.6 is 0 Å². The molecule has 1 aliphatic rings. The molecule has 122 valence electrons. The van der Waals surface area contributed by atoms with E-state index in [9.17, 15) is 9.59 Å². The van der Waals surface area contributed by atoms with Crippen LogP contribution in [-0.2, 0) is 9.59 Å². The number of carbonyl (C=O) groups is 2. The van der Waals surface area contributed by atoms with Gasteiger partial charge in [-0.1, -0.05) is 13.8 Å². The molecular formula is C16H32N3O2+. The molecule has 0 saturated carbocycles. The van der Waals surface area contributed by atoms with E-state index < -0.39 is 0 Å². The number of nitrogens with one attached hydrogen (secondary N) is 1. The molecule has 2 atom stereocenters. The van der Waals surface area contributed by atoms with Crippen molar-refractivity contribution in [3.8, 4) is 0 Å². The van der Waals surface area contributed by atoms with E-state index in [0.29, 0.717) is 6.54 Å². The SMILES string of the molecule is CC[C@H](C)N(C(=O)C[NH+]1CCC(C(N)=O)CC1)[C@@H](C)CC. The summed E-state index contributed by atoms with van der Waals surface area (Å²) in [4.78, 5) is 27.2. The van der Waals surface area contributed by atoms with Crippen molar-refractivity contribution in [3.05, 3.63) is 0 Å². The lowest BCUT2D eigenvalue weighted by Gasteiger charge is -2.35. The van der Waals surface area contributed by atoms with Gasteiger partial charge in [0.05, 0.1) is 13.1 Å². The first-order valence-corrected chi connectivity index (χ1v) is 8.34. The van der Waals surface area contributed by atoms with Crippen LogP contribution in [0.15, 0.2) is 0 Å². The predicted molar refractivity (Wildman–Crippen MR) is 83.8 cm³/mol. The third-order valence-electron chi connectivity index (χ3n) is 4.92. The summed E-state index contributed by atoms with van der Waals surface area (Å²) in [6.07, 6.45) is 3.58. The second-order valence-electron chi connectivity index (χ2n) is 6.42. The second-order valence-corrected chi connectivity index (χ2v) is 6.42. The topological polar surface area (TPSA) is 67.8 Å². The Morgan fingerprint density at radius 2 is 1.62 bits per heavy atom. The molecule has 1 rings (SSSR count). The molecule has 21 heavy (non-hydrogen) atoms. The number of nitrogens with two attached hydrogens (primary N) is 1. The van der Waals surface area contributed by atoms with Gasteiger partial charge in [0.2, 0.25) is 5.91 Å². The molecule has 0 unspecified atom stereocenters. The lowest BCUT2D eigenvalue weighted by Crippen LogP contribution is -3.14. The molecule has 0 aromatic heterocycles. The van der Waals surface area contributed by atoms with Gasteiger partial charge in [-0.05, 0) is 26.7 Å². The van der Waals surface area contributed by atoms with Crippen LogP contribution in [0.1, 0.15) is 53.4 Å². The van der Waals surface area contributed by atoms with Gasteiger partial charge in [0.25, 0.3) is 5.91 Å². The number of quaternary nitrogens is 1. The van der Waals surface area contributed by atoms with Gasteiger partial charge >= 0.3 is 0 Å². The monoisotopic (exact) mass is 298 g/mol. The van der Waals surface area contributed by atoms with Crippen molar-refractivity contribution in [3.63, 3.8) is 0 Å². The summed E-state index contributed by atoms with van der Waals surface area (Å²) in [7, 11) is 0. The molecule has 1 saturated heterocycles. The first kappa shape index (κ1) is 18.0. The number of nitrogens with zero attached hydrogens (tertiary/aromatic N) is 1. The first-order valence-electron chi connectivity index (χ1n) is 8.34. The largest absolute Gasteiger partial charge is 0.369 e. The van der Waals surface area contributed by atoms with Crippen LogP contribution in [-0.4, -0.2) is 48.4 Å². The third kappa shape index (κ3) is 4.99. The van der Waals surface area contributed by atoms with Crippen LogP contribution < -0.4 is 10.6 Å². The van der Waals surface area contributed by atoms with Gasteiger partial charge in [-0.15, -0.1) is 0 Å². The highest BCUT2D eigenvalue weighted by atomic mass is 16.2. The average molecular weight is 298 g/mol. The molecule has 1 fully saturated rings. The zero-order valence-corrected chi connectivity index (χ0v) is 14.0. The minimum absolute atomic E-state index is 0.00378. The summed E-state index contributed by atoms with van der Waals surface area (Å²) in [6.45, 7) is 10.8. The first-order chi connectivity index (χ1) is 9.90. The molecule has 0 aliphatic carbocycles. The number of hydrogen-bond donors (Lipinski definition) is 2. The normalized spacial score (nSPS) is 25.1. The van der Waals surface area contributed by atoms with Crippen LogP contribution in [0.25, 0.3) is 0 Å². The smallest absolute Gasteiger partial charge is 0.278 e. The van der Waals surface area contributed by atoms with Crippen molar-refractivity contribution in [2.24, 2.45) is 11.7 Å². The minimum atomic E-state index is -0.193. The zero-order chi connectivity index (χ0) is 16.0. The van der Waals surface area contributed by atoms with E-state index in [2.05, 4.69) is 27.7 Å². The standard InChI is InChI=1S/C16H31N3O2/c1-5-12(3)19(13(4)6-2)15(20)11-18-9-7-14(8-10-18)16(17)21/h12-14H,5-11H2,1-4H3,(H2,17,21)/p+1/t12-,13-/m0/s1. The van der Waals surface area contributed by atoms with E-state index in [0.717, 1.165) is 38.8 Å². The van der Waals surface area contributed by atoms with Crippen LogP contribution in [0.4, 0.5) is 0 Å². The van der Waals surface area contributed by atoms with Crippen molar-refractivity contribution in [2.75, 3.05) is 19.6 Å². The molecule has 0 aromatic carbocycles. The number of piperidine rings is 1. The Labute approximate surface area is 128 Å². The fraction of sp³-hybridized carbons (Fsp3) is 0.875. The third-order valence-corrected chi connectivity index (χ3v) is 4.92. The average Bonchev–Trinajstić information content (AvgIpc) is 2.47. The molecular weight excluding hydrogens is 266 g/mol. The summed E-state index contributed by atoms with van der Waals surface area (Å²) < 4.78 is 0. The van der Waals surface area contributed by atoms with Gasteiger partial charge in [-0.3, -0.25) is 9.59 Å². The van der Waals surface area contributed by atoms with Crippen molar-refractivity contribution in [1.29, 1.82) is 0 Å². The summed E-state index contributed by atoms with van der Waals surface area (Å²) in [5.74, 6) is 0.0523. The lowest BCUT2D eigenvalue weighted by atomic mass is 9.96. The Kier molecular flexibility index (Phi) is 7.15. The summed E-state index contributed by atoms with van der Waals surface area (Å²) >= 11 is 0. The maximum Gasteiger partial charge on any atom is 0.278 e. The summed E-state index contributed by atoms with van der Waals surface area (Å²) in [5, 5.41) is 0. The Morgan fingerprint density at radius 3 is 2.00 bits per heavy atom. The number of carbonyl (C=O) groups excluding carboxylic acids is 2. The molecule has 0 spiro atoms. The second kappa shape index (κ2) is 8.37. The summed E-state index contributed by atoms with van der Waals surface area (Å²) in [5.41, 5.74) is 5.35. The fourth-order valence-corrected chi connectivity index (χ4v) is 3.11. The van der Waals surface area contributed by atoms with Crippen LogP contribution in [0.5, 0.6) is 0 Å².